The summed E-state index contributed by atoms with van der Waals surface area (Å²) < 4.78 is 10.7. The third kappa shape index (κ3) is 4.18. The van der Waals surface area contributed by atoms with Gasteiger partial charge in [-0.15, -0.1) is 0 Å². The van der Waals surface area contributed by atoms with Gasteiger partial charge in [0.2, 0.25) is 0 Å². The van der Waals surface area contributed by atoms with Gasteiger partial charge in [0.05, 0.1) is 12.3 Å². The molecule has 0 atom stereocenters. The first kappa shape index (κ1) is 14.8. The SMILES string of the molecule is CCOc1ccccc1C(=O)OC(C)=Nc1ccccc1. The lowest BCUT2D eigenvalue weighted by molar-refractivity contribution is 0.0711. The molecule has 0 unspecified atom stereocenters. The Bertz CT molecular complexity index is 635. The molecule has 0 bridgehead atoms. The van der Waals surface area contributed by atoms with Crippen molar-refractivity contribution in [2.75, 3.05) is 6.61 Å². The standard InChI is InChI=1S/C17H17NO3/c1-3-20-16-12-8-7-11-15(16)17(19)21-13(2)18-14-9-5-4-6-10-14/h4-12H,3H2,1-2H3. The molecule has 21 heavy (non-hydrogen) atoms. The average molecular weight is 283 g/mol. The summed E-state index contributed by atoms with van der Waals surface area (Å²) in [5.41, 5.74) is 1.13. The van der Waals surface area contributed by atoms with Crippen LogP contribution in [-0.2, 0) is 4.74 Å². The Kier molecular flexibility index (Phi) is 5.10. The van der Waals surface area contributed by atoms with E-state index < -0.39 is 5.97 Å². The molecule has 0 aliphatic carbocycles. The van der Waals surface area contributed by atoms with E-state index in [2.05, 4.69) is 4.99 Å². The van der Waals surface area contributed by atoms with Gasteiger partial charge in [-0.2, -0.15) is 0 Å². The van der Waals surface area contributed by atoms with E-state index in [0.29, 0.717) is 17.9 Å². The Morgan fingerprint density at radius 1 is 1.05 bits per heavy atom. The summed E-state index contributed by atoms with van der Waals surface area (Å²) in [6, 6.07) is 16.3. The summed E-state index contributed by atoms with van der Waals surface area (Å²) in [6.45, 7) is 4.00. The minimum atomic E-state index is -0.476. The van der Waals surface area contributed by atoms with E-state index in [0.717, 1.165) is 5.69 Å². The first-order valence-corrected chi connectivity index (χ1v) is 6.75. The van der Waals surface area contributed by atoms with Gasteiger partial charge in [0, 0.05) is 6.92 Å². The van der Waals surface area contributed by atoms with E-state index in [9.17, 15) is 4.79 Å². The number of ether oxygens (including phenoxy) is 2. The quantitative estimate of drug-likeness (QED) is 0.484. The predicted molar refractivity (Wildman–Crippen MR) is 82.2 cm³/mol. The monoisotopic (exact) mass is 283 g/mol. The molecule has 2 aromatic carbocycles. The van der Waals surface area contributed by atoms with Gasteiger partial charge >= 0.3 is 5.97 Å². The van der Waals surface area contributed by atoms with Crippen molar-refractivity contribution < 1.29 is 14.3 Å². The van der Waals surface area contributed by atoms with Gasteiger partial charge in [0.1, 0.15) is 11.3 Å². The van der Waals surface area contributed by atoms with Gasteiger partial charge in [-0.25, -0.2) is 9.79 Å². The van der Waals surface area contributed by atoms with E-state index in [4.69, 9.17) is 9.47 Å². The summed E-state index contributed by atoms with van der Waals surface area (Å²) >= 11 is 0. The van der Waals surface area contributed by atoms with Crippen molar-refractivity contribution in [3.63, 3.8) is 0 Å². The van der Waals surface area contributed by atoms with Gasteiger partial charge in [-0.05, 0) is 31.2 Å². The Labute approximate surface area is 124 Å². The highest BCUT2D eigenvalue weighted by Crippen LogP contribution is 2.19. The zero-order chi connectivity index (χ0) is 15.1. The Morgan fingerprint density at radius 2 is 1.71 bits per heavy atom. The van der Waals surface area contributed by atoms with Crippen LogP contribution >= 0.6 is 0 Å². The summed E-state index contributed by atoms with van der Waals surface area (Å²) in [4.78, 5) is 16.4. The van der Waals surface area contributed by atoms with Crippen LogP contribution < -0.4 is 4.74 Å². The van der Waals surface area contributed by atoms with Gasteiger partial charge in [-0.3, -0.25) is 0 Å². The largest absolute Gasteiger partial charge is 0.493 e. The van der Waals surface area contributed by atoms with Crippen LogP contribution in [0.5, 0.6) is 5.75 Å². The molecule has 108 valence electrons. The van der Waals surface area contributed by atoms with Crippen LogP contribution in [0, 0.1) is 0 Å². The van der Waals surface area contributed by atoms with Crippen molar-refractivity contribution in [3.8, 4) is 5.75 Å². The highest BCUT2D eigenvalue weighted by atomic mass is 16.5. The lowest BCUT2D eigenvalue weighted by atomic mass is 10.2. The first-order chi connectivity index (χ1) is 10.2. The van der Waals surface area contributed by atoms with Gasteiger partial charge < -0.3 is 9.47 Å². The fourth-order valence-electron chi connectivity index (χ4n) is 1.81. The van der Waals surface area contributed by atoms with Crippen LogP contribution in [-0.4, -0.2) is 18.5 Å². The number of para-hydroxylation sites is 2. The molecular formula is C17H17NO3. The Balaban J connectivity index is 2.13. The third-order valence-electron chi connectivity index (χ3n) is 2.69. The molecule has 2 rings (SSSR count). The van der Waals surface area contributed by atoms with E-state index in [1.807, 2.05) is 43.3 Å². The molecule has 0 heterocycles. The maximum absolute atomic E-state index is 12.2. The molecule has 0 spiro atoms. The van der Waals surface area contributed by atoms with Crippen molar-refractivity contribution in [1.29, 1.82) is 0 Å². The van der Waals surface area contributed by atoms with Crippen LogP contribution in [0.4, 0.5) is 5.69 Å². The van der Waals surface area contributed by atoms with E-state index >= 15 is 0 Å². The molecule has 0 saturated carbocycles. The van der Waals surface area contributed by atoms with Crippen LogP contribution in [0.1, 0.15) is 24.2 Å². The molecule has 0 amide bonds. The average Bonchev–Trinajstić information content (AvgIpc) is 2.49. The zero-order valence-electron chi connectivity index (χ0n) is 12.1. The van der Waals surface area contributed by atoms with Gasteiger partial charge in [0.15, 0.2) is 5.90 Å². The minimum absolute atomic E-state index is 0.289. The first-order valence-electron chi connectivity index (χ1n) is 6.75. The van der Waals surface area contributed by atoms with E-state index in [1.54, 1.807) is 25.1 Å². The topological polar surface area (TPSA) is 47.9 Å². The summed E-state index contributed by atoms with van der Waals surface area (Å²) in [7, 11) is 0. The normalized spacial score (nSPS) is 11.0. The number of rotatable bonds is 4. The molecule has 0 fully saturated rings. The molecule has 0 radical (unpaired) electrons. The highest BCUT2D eigenvalue weighted by molar-refractivity contribution is 6.00. The van der Waals surface area contributed by atoms with Crippen LogP contribution in [0.25, 0.3) is 0 Å². The number of carbonyl (C=O) groups is 1. The van der Waals surface area contributed by atoms with Crippen molar-refractivity contribution in [3.05, 3.63) is 60.2 Å². The summed E-state index contributed by atoms with van der Waals surface area (Å²) in [6.07, 6.45) is 0. The van der Waals surface area contributed by atoms with Crippen LogP contribution in [0.2, 0.25) is 0 Å². The number of nitrogens with zero attached hydrogens (tertiary/aromatic N) is 1. The second-order valence-electron chi connectivity index (χ2n) is 4.29. The lowest BCUT2D eigenvalue weighted by Gasteiger charge is -2.09. The Morgan fingerprint density at radius 3 is 2.43 bits per heavy atom. The minimum Gasteiger partial charge on any atom is -0.493 e. The van der Waals surface area contributed by atoms with Crippen molar-refractivity contribution in [2.45, 2.75) is 13.8 Å². The molecule has 0 saturated heterocycles. The second-order valence-corrected chi connectivity index (χ2v) is 4.29. The molecular weight excluding hydrogens is 266 g/mol. The van der Waals surface area contributed by atoms with Gasteiger partial charge in [-0.1, -0.05) is 30.3 Å². The number of benzene rings is 2. The fraction of sp³-hybridized carbons (Fsp3) is 0.176. The van der Waals surface area contributed by atoms with Crippen LogP contribution in [0.3, 0.4) is 0 Å². The van der Waals surface area contributed by atoms with Crippen molar-refractivity contribution in [2.24, 2.45) is 4.99 Å². The number of carbonyl (C=O) groups excluding carboxylic acids is 1. The van der Waals surface area contributed by atoms with Gasteiger partial charge in [0.25, 0.3) is 0 Å². The molecule has 0 aliphatic heterocycles. The molecule has 0 N–H and O–H groups in total. The number of hydrogen-bond donors (Lipinski definition) is 0. The van der Waals surface area contributed by atoms with E-state index in [1.165, 1.54) is 0 Å². The fourth-order valence-corrected chi connectivity index (χ4v) is 1.81. The van der Waals surface area contributed by atoms with Crippen molar-refractivity contribution in [1.82, 2.24) is 0 Å². The van der Waals surface area contributed by atoms with Crippen LogP contribution in [0.15, 0.2) is 59.6 Å². The predicted octanol–water partition coefficient (Wildman–Crippen LogP) is 3.99. The molecule has 4 nitrogen and oxygen atoms in total. The van der Waals surface area contributed by atoms with E-state index in [-0.39, 0.29) is 5.90 Å². The maximum atomic E-state index is 12.2. The summed E-state index contributed by atoms with van der Waals surface area (Å²) in [5.74, 6) is 0.325. The number of aliphatic imine (C=N–C) groups is 1. The highest BCUT2D eigenvalue weighted by Gasteiger charge is 2.14. The van der Waals surface area contributed by atoms with Crippen molar-refractivity contribution >= 4 is 17.6 Å². The molecule has 4 heteroatoms. The lowest BCUT2D eigenvalue weighted by Crippen LogP contribution is -2.11. The summed E-state index contributed by atoms with van der Waals surface area (Å²) in [5, 5.41) is 0. The molecule has 0 aliphatic rings. The number of hydrogen-bond acceptors (Lipinski definition) is 4. The third-order valence-corrected chi connectivity index (χ3v) is 2.69. The molecule has 2 aromatic rings. The Hall–Kier alpha value is -2.62. The smallest absolute Gasteiger partial charge is 0.348 e. The zero-order valence-corrected chi connectivity index (χ0v) is 12.1. The molecule has 0 aromatic heterocycles. The maximum Gasteiger partial charge on any atom is 0.348 e. The second kappa shape index (κ2) is 7.24. The number of esters is 1.